The zero-order chi connectivity index (χ0) is 14.0. The number of hydrogen-bond acceptors (Lipinski definition) is 0. The Labute approximate surface area is 128 Å². The van der Waals surface area contributed by atoms with Gasteiger partial charge in [-0.25, -0.2) is 8.78 Å². The standard InChI is InChI=1S/C14H9BrCl2F2/c15-11(9-6-8(16)4-5-14(9)19)7-10-12(17)2-1-3-13(10)18/h1-6,11H,7H2. The topological polar surface area (TPSA) is 0 Å². The molecule has 0 heterocycles. The molecule has 0 N–H and O–H groups in total. The number of alkyl halides is 1. The highest BCUT2D eigenvalue weighted by Gasteiger charge is 2.17. The van der Waals surface area contributed by atoms with Gasteiger partial charge in [0.05, 0.1) is 0 Å². The van der Waals surface area contributed by atoms with Gasteiger partial charge in [-0.2, -0.15) is 0 Å². The van der Waals surface area contributed by atoms with Crippen LogP contribution in [0.15, 0.2) is 36.4 Å². The Bertz CT molecular complexity index is 582. The fourth-order valence-corrected chi connectivity index (χ4v) is 2.87. The second-order valence-electron chi connectivity index (χ2n) is 4.04. The van der Waals surface area contributed by atoms with Crippen molar-refractivity contribution in [2.75, 3.05) is 0 Å². The van der Waals surface area contributed by atoms with Gasteiger partial charge in [-0.3, -0.25) is 0 Å². The summed E-state index contributed by atoms with van der Waals surface area (Å²) in [5.74, 6) is -0.793. The first-order valence-corrected chi connectivity index (χ1v) is 7.18. The van der Waals surface area contributed by atoms with E-state index in [4.69, 9.17) is 23.2 Å². The van der Waals surface area contributed by atoms with Crippen LogP contribution < -0.4 is 0 Å². The molecule has 0 aliphatic heterocycles. The quantitative estimate of drug-likeness (QED) is 0.589. The van der Waals surface area contributed by atoms with Crippen molar-refractivity contribution in [2.24, 2.45) is 0 Å². The average molecular weight is 366 g/mol. The van der Waals surface area contributed by atoms with Crippen LogP contribution in [0.5, 0.6) is 0 Å². The van der Waals surface area contributed by atoms with Gasteiger partial charge in [0, 0.05) is 26.0 Å². The molecule has 0 bridgehead atoms. The molecule has 100 valence electrons. The van der Waals surface area contributed by atoms with Gasteiger partial charge in [0.15, 0.2) is 0 Å². The molecule has 0 amide bonds. The fourth-order valence-electron chi connectivity index (χ4n) is 1.77. The Morgan fingerprint density at radius 2 is 1.79 bits per heavy atom. The Hall–Kier alpha value is -0.640. The van der Waals surface area contributed by atoms with Crippen molar-refractivity contribution in [3.63, 3.8) is 0 Å². The molecule has 0 aliphatic rings. The lowest BCUT2D eigenvalue weighted by molar-refractivity contribution is 0.594. The molecule has 2 aromatic carbocycles. The minimum Gasteiger partial charge on any atom is -0.207 e. The molecular formula is C14H9BrCl2F2. The average Bonchev–Trinajstić information content (AvgIpc) is 2.37. The van der Waals surface area contributed by atoms with Crippen LogP contribution in [0.1, 0.15) is 16.0 Å². The largest absolute Gasteiger partial charge is 0.207 e. The molecule has 1 atom stereocenters. The highest BCUT2D eigenvalue weighted by Crippen LogP contribution is 2.33. The molecule has 0 spiro atoms. The van der Waals surface area contributed by atoms with Crippen molar-refractivity contribution in [1.82, 2.24) is 0 Å². The number of rotatable bonds is 3. The Morgan fingerprint density at radius 1 is 1.05 bits per heavy atom. The van der Waals surface area contributed by atoms with Gasteiger partial charge in [-0.05, 0) is 36.8 Å². The van der Waals surface area contributed by atoms with Crippen LogP contribution in [0.3, 0.4) is 0 Å². The molecule has 19 heavy (non-hydrogen) atoms. The van der Waals surface area contributed by atoms with Gasteiger partial charge in [-0.15, -0.1) is 0 Å². The summed E-state index contributed by atoms with van der Waals surface area (Å²) in [5, 5.41) is 0.757. The molecule has 0 aliphatic carbocycles. The highest BCUT2D eigenvalue weighted by molar-refractivity contribution is 9.09. The van der Waals surface area contributed by atoms with Gasteiger partial charge < -0.3 is 0 Å². The summed E-state index contributed by atoms with van der Waals surface area (Å²) in [4.78, 5) is -0.402. The molecule has 0 aromatic heterocycles. The highest BCUT2D eigenvalue weighted by atomic mass is 79.9. The first kappa shape index (κ1) is 14.8. The number of hydrogen-bond donors (Lipinski definition) is 0. The smallest absolute Gasteiger partial charge is 0.127 e. The maximum atomic E-state index is 13.7. The summed E-state index contributed by atoms with van der Waals surface area (Å²) in [6.45, 7) is 0. The summed E-state index contributed by atoms with van der Waals surface area (Å²) in [7, 11) is 0. The second kappa shape index (κ2) is 6.21. The zero-order valence-corrected chi connectivity index (χ0v) is 12.7. The molecule has 2 aromatic rings. The van der Waals surface area contributed by atoms with E-state index in [1.807, 2.05) is 0 Å². The minimum absolute atomic E-state index is 0.239. The van der Waals surface area contributed by atoms with E-state index in [0.29, 0.717) is 21.2 Å². The van der Waals surface area contributed by atoms with Crippen molar-refractivity contribution in [1.29, 1.82) is 0 Å². The molecule has 2 rings (SSSR count). The monoisotopic (exact) mass is 364 g/mol. The predicted octanol–water partition coefficient (Wildman–Crippen LogP) is 5.95. The third-order valence-electron chi connectivity index (χ3n) is 2.74. The molecule has 1 unspecified atom stereocenters. The predicted molar refractivity (Wildman–Crippen MR) is 78.2 cm³/mol. The van der Waals surface area contributed by atoms with Gasteiger partial charge in [0.1, 0.15) is 11.6 Å². The summed E-state index contributed by atoms with van der Waals surface area (Å²) in [6.07, 6.45) is 0.239. The first-order chi connectivity index (χ1) is 8.99. The summed E-state index contributed by atoms with van der Waals surface area (Å²) >= 11 is 15.1. The lowest BCUT2D eigenvalue weighted by Gasteiger charge is -2.13. The van der Waals surface area contributed by atoms with Crippen molar-refractivity contribution in [3.8, 4) is 0 Å². The lowest BCUT2D eigenvalue weighted by Crippen LogP contribution is -2.01. The Morgan fingerprint density at radius 3 is 2.47 bits per heavy atom. The third-order valence-corrected chi connectivity index (χ3v) is 4.15. The Kier molecular flexibility index (Phi) is 4.82. The molecule has 0 saturated heterocycles. The van der Waals surface area contributed by atoms with Crippen molar-refractivity contribution in [3.05, 3.63) is 69.2 Å². The zero-order valence-electron chi connectivity index (χ0n) is 9.64. The van der Waals surface area contributed by atoms with Crippen LogP contribution in [-0.2, 0) is 6.42 Å². The van der Waals surface area contributed by atoms with E-state index in [9.17, 15) is 8.78 Å². The van der Waals surface area contributed by atoms with E-state index in [2.05, 4.69) is 15.9 Å². The Balaban J connectivity index is 2.31. The summed E-state index contributed by atoms with van der Waals surface area (Å²) in [5.41, 5.74) is 0.734. The molecule has 5 heteroatoms. The molecule has 0 saturated carbocycles. The summed E-state index contributed by atoms with van der Waals surface area (Å²) < 4.78 is 27.4. The van der Waals surface area contributed by atoms with E-state index >= 15 is 0 Å². The van der Waals surface area contributed by atoms with Gasteiger partial charge in [0.2, 0.25) is 0 Å². The second-order valence-corrected chi connectivity index (χ2v) is 5.99. The molecule has 0 nitrogen and oxygen atoms in total. The van der Waals surface area contributed by atoms with Crippen molar-refractivity contribution < 1.29 is 8.78 Å². The van der Waals surface area contributed by atoms with Crippen LogP contribution in [0.4, 0.5) is 8.78 Å². The van der Waals surface area contributed by atoms with Gasteiger partial charge in [0.25, 0.3) is 0 Å². The van der Waals surface area contributed by atoms with E-state index < -0.39 is 16.5 Å². The van der Waals surface area contributed by atoms with Gasteiger partial charge >= 0.3 is 0 Å². The van der Waals surface area contributed by atoms with Crippen LogP contribution >= 0.6 is 39.1 Å². The van der Waals surface area contributed by atoms with Crippen LogP contribution in [0.2, 0.25) is 10.0 Å². The molecular weight excluding hydrogens is 357 g/mol. The van der Waals surface area contributed by atoms with Gasteiger partial charge in [-0.1, -0.05) is 45.2 Å². The van der Waals surface area contributed by atoms with Crippen molar-refractivity contribution >= 4 is 39.1 Å². The summed E-state index contributed by atoms with van der Waals surface area (Å²) in [6, 6.07) is 8.74. The van der Waals surface area contributed by atoms with Crippen LogP contribution in [0, 0.1) is 11.6 Å². The van der Waals surface area contributed by atoms with E-state index in [1.165, 1.54) is 30.3 Å². The maximum absolute atomic E-state index is 13.7. The van der Waals surface area contributed by atoms with Crippen molar-refractivity contribution in [2.45, 2.75) is 11.2 Å². The van der Waals surface area contributed by atoms with E-state index in [-0.39, 0.29) is 6.42 Å². The van der Waals surface area contributed by atoms with E-state index in [1.54, 1.807) is 6.07 Å². The fraction of sp³-hybridized carbons (Fsp3) is 0.143. The van der Waals surface area contributed by atoms with Crippen LogP contribution in [-0.4, -0.2) is 0 Å². The lowest BCUT2D eigenvalue weighted by atomic mass is 10.0. The number of benzene rings is 2. The molecule has 0 radical (unpaired) electrons. The molecule has 0 fully saturated rings. The number of halogens is 5. The SMILES string of the molecule is Fc1ccc(Cl)cc1C(Br)Cc1c(F)cccc1Cl. The van der Waals surface area contributed by atoms with E-state index in [0.717, 1.165) is 0 Å². The third kappa shape index (κ3) is 3.47. The maximum Gasteiger partial charge on any atom is 0.127 e. The normalized spacial score (nSPS) is 12.5. The minimum atomic E-state index is -0.403. The van der Waals surface area contributed by atoms with Crippen LogP contribution in [0.25, 0.3) is 0 Å². The first-order valence-electron chi connectivity index (χ1n) is 5.51.